The Hall–Kier alpha value is -2.35. The highest BCUT2D eigenvalue weighted by molar-refractivity contribution is 5.58. The number of hydrogen-bond acceptors (Lipinski definition) is 2. The van der Waals surface area contributed by atoms with E-state index in [2.05, 4.69) is 39.5 Å². The lowest BCUT2D eigenvalue weighted by Gasteiger charge is -2.19. The summed E-state index contributed by atoms with van der Waals surface area (Å²) >= 11 is 0. The lowest BCUT2D eigenvalue weighted by Crippen LogP contribution is -2.38. The molecule has 2 heteroatoms. The molecular weight excluding hydrogens is 272 g/mol. The average Bonchev–Trinajstić information content (AvgIpc) is 2.48. The first kappa shape index (κ1) is 16.0. The van der Waals surface area contributed by atoms with E-state index in [4.69, 9.17) is 4.42 Å². The van der Waals surface area contributed by atoms with E-state index in [-0.39, 0.29) is 10.8 Å². The van der Waals surface area contributed by atoms with Crippen LogP contribution in [0.15, 0.2) is 52.2 Å². The van der Waals surface area contributed by atoms with Gasteiger partial charge in [0.05, 0.1) is 5.22 Å². The topological polar surface area (TPSA) is 30.2 Å². The largest absolute Gasteiger partial charge is 0.456 e. The molecule has 2 aromatic rings. The zero-order valence-electron chi connectivity index (χ0n) is 13.6. The molecule has 0 aliphatic rings. The van der Waals surface area contributed by atoms with Crippen molar-refractivity contribution in [2.45, 2.75) is 33.1 Å². The molecule has 0 radical (unpaired) electrons. The van der Waals surface area contributed by atoms with Gasteiger partial charge < -0.3 is 4.42 Å². The Labute approximate surface area is 131 Å². The number of rotatable bonds is 2. The van der Waals surface area contributed by atoms with Crippen LogP contribution >= 0.6 is 0 Å². The Morgan fingerprint density at radius 2 is 1.77 bits per heavy atom. The number of hydrogen-bond donors (Lipinski definition) is 0. The molecule has 2 rings (SSSR count). The molecule has 2 nitrogen and oxygen atoms in total. The Bertz CT molecular complexity index is 845. The maximum Gasteiger partial charge on any atom is 0.193 e. The van der Waals surface area contributed by atoms with Crippen molar-refractivity contribution in [2.75, 3.05) is 0 Å². The fourth-order valence-corrected chi connectivity index (χ4v) is 2.29. The van der Waals surface area contributed by atoms with E-state index >= 15 is 0 Å². The molecule has 1 aromatic carbocycles. The minimum Gasteiger partial charge on any atom is -0.456 e. The SMILES string of the molecule is C=C/C=c1/c(=O)cc(-c2ccc(C(C)(C)C)cc2)o/c1=C/C. The molecule has 1 heterocycles. The Morgan fingerprint density at radius 3 is 2.27 bits per heavy atom. The molecule has 0 N–H and O–H groups in total. The molecule has 0 saturated carbocycles. The van der Waals surface area contributed by atoms with Crippen molar-refractivity contribution >= 4 is 12.2 Å². The van der Waals surface area contributed by atoms with Crippen LogP contribution in [0.25, 0.3) is 23.5 Å². The average molecular weight is 294 g/mol. The van der Waals surface area contributed by atoms with Crippen LogP contribution in [0.2, 0.25) is 0 Å². The molecule has 0 atom stereocenters. The fraction of sp³-hybridized carbons (Fsp3) is 0.250. The van der Waals surface area contributed by atoms with Crippen molar-refractivity contribution in [3.63, 3.8) is 0 Å². The second-order valence-electron chi connectivity index (χ2n) is 6.27. The van der Waals surface area contributed by atoms with Crippen LogP contribution < -0.4 is 16.1 Å². The monoisotopic (exact) mass is 294 g/mol. The second kappa shape index (κ2) is 6.18. The highest BCUT2D eigenvalue weighted by Gasteiger charge is 2.13. The second-order valence-corrected chi connectivity index (χ2v) is 6.27. The van der Waals surface area contributed by atoms with Crippen LogP contribution in [0.4, 0.5) is 0 Å². The zero-order chi connectivity index (χ0) is 16.3. The first-order valence-electron chi connectivity index (χ1n) is 7.41. The van der Waals surface area contributed by atoms with Crippen molar-refractivity contribution in [2.24, 2.45) is 0 Å². The molecule has 0 bridgehead atoms. The molecule has 1 aromatic heterocycles. The van der Waals surface area contributed by atoms with Gasteiger partial charge in [-0.1, -0.05) is 57.7 Å². The molecule has 0 unspecified atom stereocenters. The first-order chi connectivity index (χ1) is 10.4. The van der Waals surface area contributed by atoms with Gasteiger partial charge in [0.25, 0.3) is 0 Å². The highest BCUT2D eigenvalue weighted by atomic mass is 16.3. The van der Waals surface area contributed by atoms with E-state index in [1.807, 2.05) is 19.1 Å². The van der Waals surface area contributed by atoms with Gasteiger partial charge in [-0.15, -0.1) is 0 Å². The van der Waals surface area contributed by atoms with E-state index in [0.29, 0.717) is 16.4 Å². The molecule has 0 aliphatic heterocycles. The summed E-state index contributed by atoms with van der Waals surface area (Å²) in [5.74, 6) is 0.583. The smallest absolute Gasteiger partial charge is 0.193 e. The predicted molar refractivity (Wildman–Crippen MR) is 93.2 cm³/mol. The standard InChI is InChI=1S/C20H22O2/c1-6-8-16-17(21)13-19(22-18(16)7-2)14-9-11-15(12-10-14)20(3,4)5/h6-13H,1H2,2-5H3/b16-8-,18-7+. The van der Waals surface area contributed by atoms with Crippen molar-refractivity contribution < 1.29 is 4.42 Å². The quantitative estimate of drug-likeness (QED) is 0.850. The summed E-state index contributed by atoms with van der Waals surface area (Å²) in [5, 5.41) is 0.535. The molecule has 0 spiro atoms. The molecule has 0 amide bonds. The Balaban J connectivity index is 2.60. The third-order valence-electron chi connectivity index (χ3n) is 3.60. The van der Waals surface area contributed by atoms with Gasteiger partial charge in [-0.05, 0) is 30.1 Å². The summed E-state index contributed by atoms with van der Waals surface area (Å²) in [6, 6.07) is 9.68. The van der Waals surface area contributed by atoms with Crippen LogP contribution in [0.3, 0.4) is 0 Å². The van der Waals surface area contributed by atoms with Crippen LogP contribution in [0, 0.1) is 0 Å². The summed E-state index contributed by atoms with van der Waals surface area (Å²) in [6.07, 6.45) is 5.06. The third-order valence-corrected chi connectivity index (χ3v) is 3.60. The number of benzene rings is 1. The van der Waals surface area contributed by atoms with Crippen LogP contribution in [-0.2, 0) is 5.41 Å². The van der Waals surface area contributed by atoms with Gasteiger partial charge in [0, 0.05) is 11.6 Å². The zero-order valence-corrected chi connectivity index (χ0v) is 13.6. The molecule has 114 valence electrons. The van der Waals surface area contributed by atoms with Gasteiger partial charge >= 0.3 is 0 Å². The first-order valence-corrected chi connectivity index (χ1v) is 7.41. The summed E-state index contributed by atoms with van der Waals surface area (Å²) < 4.78 is 5.87. The third kappa shape index (κ3) is 3.28. The molecule has 0 saturated heterocycles. The van der Waals surface area contributed by atoms with Crippen molar-refractivity contribution in [3.8, 4) is 11.3 Å². The minimum atomic E-state index is -0.0610. The van der Waals surface area contributed by atoms with Crippen molar-refractivity contribution in [1.29, 1.82) is 0 Å². The minimum absolute atomic E-state index is 0.0610. The van der Waals surface area contributed by atoms with Crippen molar-refractivity contribution in [3.05, 3.63) is 69.4 Å². The lowest BCUT2D eigenvalue weighted by atomic mass is 9.86. The normalized spacial score (nSPS) is 13.5. The van der Waals surface area contributed by atoms with Crippen LogP contribution in [-0.4, -0.2) is 0 Å². The Kier molecular flexibility index (Phi) is 4.51. The summed E-state index contributed by atoms with van der Waals surface area (Å²) in [5.41, 5.74) is 2.76. The van der Waals surface area contributed by atoms with E-state index in [9.17, 15) is 4.79 Å². The summed E-state index contributed by atoms with van der Waals surface area (Å²) in [7, 11) is 0. The highest BCUT2D eigenvalue weighted by Crippen LogP contribution is 2.25. The maximum absolute atomic E-state index is 12.3. The van der Waals surface area contributed by atoms with Gasteiger partial charge in [0.1, 0.15) is 11.2 Å². The van der Waals surface area contributed by atoms with Gasteiger partial charge in [-0.3, -0.25) is 4.79 Å². The molecule has 0 fully saturated rings. The van der Waals surface area contributed by atoms with Gasteiger partial charge in [-0.2, -0.15) is 0 Å². The molecule has 0 aliphatic carbocycles. The molecule has 22 heavy (non-hydrogen) atoms. The van der Waals surface area contributed by atoms with Gasteiger partial charge in [-0.25, -0.2) is 0 Å². The molecular formula is C20H22O2. The fourth-order valence-electron chi connectivity index (χ4n) is 2.29. The maximum atomic E-state index is 12.3. The van der Waals surface area contributed by atoms with E-state index < -0.39 is 0 Å². The van der Waals surface area contributed by atoms with Gasteiger partial charge in [0.15, 0.2) is 5.43 Å². The van der Waals surface area contributed by atoms with E-state index in [1.165, 1.54) is 11.6 Å². The van der Waals surface area contributed by atoms with Crippen molar-refractivity contribution in [1.82, 2.24) is 0 Å². The summed E-state index contributed by atoms with van der Waals surface area (Å²) in [4.78, 5) is 12.3. The van der Waals surface area contributed by atoms with Crippen LogP contribution in [0.1, 0.15) is 33.3 Å². The number of allylic oxidation sites excluding steroid dienone is 1. The van der Waals surface area contributed by atoms with Crippen LogP contribution in [0.5, 0.6) is 0 Å². The Morgan fingerprint density at radius 1 is 1.14 bits per heavy atom. The van der Waals surface area contributed by atoms with Gasteiger partial charge in [0.2, 0.25) is 0 Å². The lowest BCUT2D eigenvalue weighted by molar-refractivity contribution is 0.522. The predicted octanol–water partition coefficient (Wildman–Crippen LogP) is 3.37. The van der Waals surface area contributed by atoms with E-state index in [1.54, 1.807) is 18.2 Å². The summed E-state index contributed by atoms with van der Waals surface area (Å²) in [6.45, 7) is 12.0. The van der Waals surface area contributed by atoms with E-state index in [0.717, 1.165) is 5.56 Å².